The standard InChI is InChI=1S/C21H26N2O/c1-16(2)19-9-4-5-10-20(19)22-11-13-23(14-12-22)21(24)18-8-6-7-17(3)15-18/h4-10,15-16H,11-14H2,1-3H3. The minimum Gasteiger partial charge on any atom is -0.368 e. The summed E-state index contributed by atoms with van der Waals surface area (Å²) in [5.74, 6) is 0.656. The van der Waals surface area contributed by atoms with E-state index in [-0.39, 0.29) is 5.91 Å². The Balaban J connectivity index is 1.69. The monoisotopic (exact) mass is 322 g/mol. The van der Waals surface area contributed by atoms with Gasteiger partial charge in [-0.2, -0.15) is 0 Å². The number of nitrogens with zero attached hydrogens (tertiary/aromatic N) is 2. The first-order valence-corrected chi connectivity index (χ1v) is 8.76. The van der Waals surface area contributed by atoms with Crippen molar-refractivity contribution < 1.29 is 4.79 Å². The molecule has 3 heteroatoms. The van der Waals surface area contributed by atoms with Gasteiger partial charge in [0.05, 0.1) is 0 Å². The molecule has 0 N–H and O–H groups in total. The van der Waals surface area contributed by atoms with Crippen LogP contribution >= 0.6 is 0 Å². The van der Waals surface area contributed by atoms with Crippen LogP contribution in [0.2, 0.25) is 0 Å². The molecule has 126 valence electrons. The molecule has 24 heavy (non-hydrogen) atoms. The van der Waals surface area contributed by atoms with Crippen LogP contribution < -0.4 is 4.90 Å². The van der Waals surface area contributed by atoms with E-state index in [0.717, 1.165) is 37.3 Å². The van der Waals surface area contributed by atoms with Crippen molar-refractivity contribution in [1.82, 2.24) is 4.90 Å². The summed E-state index contributed by atoms with van der Waals surface area (Å²) >= 11 is 0. The number of carbonyl (C=O) groups excluding carboxylic acids is 1. The molecule has 0 atom stereocenters. The van der Waals surface area contributed by atoms with Crippen LogP contribution in [0.25, 0.3) is 0 Å². The molecular formula is C21H26N2O. The fraction of sp³-hybridized carbons (Fsp3) is 0.381. The lowest BCUT2D eigenvalue weighted by Crippen LogP contribution is -2.49. The van der Waals surface area contributed by atoms with E-state index in [4.69, 9.17) is 0 Å². The van der Waals surface area contributed by atoms with Crippen molar-refractivity contribution in [3.8, 4) is 0 Å². The SMILES string of the molecule is Cc1cccc(C(=O)N2CCN(c3ccccc3C(C)C)CC2)c1. The first-order valence-electron chi connectivity index (χ1n) is 8.76. The molecular weight excluding hydrogens is 296 g/mol. The van der Waals surface area contributed by atoms with Gasteiger partial charge < -0.3 is 9.80 Å². The van der Waals surface area contributed by atoms with Crippen molar-refractivity contribution in [1.29, 1.82) is 0 Å². The van der Waals surface area contributed by atoms with E-state index in [1.165, 1.54) is 11.3 Å². The number of rotatable bonds is 3. The average Bonchev–Trinajstić information content (AvgIpc) is 2.61. The zero-order chi connectivity index (χ0) is 17.1. The molecule has 2 aromatic carbocycles. The van der Waals surface area contributed by atoms with E-state index in [0.29, 0.717) is 5.92 Å². The highest BCUT2D eigenvalue weighted by atomic mass is 16.2. The zero-order valence-corrected chi connectivity index (χ0v) is 14.8. The zero-order valence-electron chi connectivity index (χ0n) is 14.8. The molecule has 2 aromatic rings. The predicted octanol–water partition coefficient (Wildman–Crippen LogP) is 4.08. The number of para-hydroxylation sites is 1. The Bertz CT molecular complexity index is 715. The third-order valence-corrected chi connectivity index (χ3v) is 4.73. The molecule has 0 saturated carbocycles. The van der Waals surface area contributed by atoms with E-state index in [2.05, 4.69) is 43.0 Å². The quantitative estimate of drug-likeness (QED) is 0.850. The highest BCUT2D eigenvalue weighted by molar-refractivity contribution is 5.94. The second kappa shape index (κ2) is 7.08. The van der Waals surface area contributed by atoms with Crippen molar-refractivity contribution in [3.63, 3.8) is 0 Å². The van der Waals surface area contributed by atoms with Gasteiger partial charge >= 0.3 is 0 Å². The van der Waals surface area contributed by atoms with Crippen molar-refractivity contribution in [3.05, 3.63) is 65.2 Å². The molecule has 1 fully saturated rings. The van der Waals surface area contributed by atoms with E-state index in [1.54, 1.807) is 0 Å². The Hall–Kier alpha value is -2.29. The Morgan fingerprint density at radius 3 is 2.33 bits per heavy atom. The summed E-state index contributed by atoms with van der Waals surface area (Å²) in [7, 11) is 0. The number of aryl methyl sites for hydroxylation is 1. The van der Waals surface area contributed by atoms with Gasteiger partial charge in [0, 0.05) is 37.4 Å². The Labute approximate surface area is 144 Å². The van der Waals surface area contributed by atoms with E-state index in [9.17, 15) is 4.79 Å². The first kappa shape index (κ1) is 16.6. The highest BCUT2D eigenvalue weighted by Crippen LogP contribution is 2.28. The van der Waals surface area contributed by atoms with Gasteiger partial charge in [-0.25, -0.2) is 0 Å². The lowest BCUT2D eigenvalue weighted by Gasteiger charge is -2.37. The van der Waals surface area contributed by atoms with Crippen molar-refractivity contribution in [2.24, 2.45) is 0 Å². The summed E-state index contributed by atoms with van der Waals surface area (Å²) in [6.45, 7) is 9.82. The van der Waals surface area contributed by atoms with Crippen LogP contribution in [0.4, 0.5) is 5.69 Å². The molecule has 3 nitrogen and oxygen atoms in total. The van der Waals surface area contributed by atoms with Gasteiger partial charge in [-0.05, 0) is 36.6 Å². The molecule has 0 unspecified atom stereocenters. The van der Waals surface area contributed by atoms with Crippen LogP contribution in [0.3, 0.4) is 0 Å². The van der Waals surface area contributed by atoms with Crippen LogP contribution in [0, 0.1) is 6.92 Å². The fourth-order valence-electron chi connectivity index (χ4n) is 3.37. The summed E-state index contributed by atoms with van der Waals surface area (Å²) in [4.78, 5) is 17.1. The van der Waals surface area contributed by atoms with Crippen molar-refractivity contribution >= 4 is 11.6 Å². The molecule has 0 aliphatic carbocycles. The smallest absolute Gasteiger partial charge is 0.253 e. The summed E-state index contributed by atoms with van der Waals surface area (Å²) in [6.07, 6.45) is 0. The first-order chi connectivity index (χ1) is 11.6. The van der Waals surface area contributed by atoms with Gasteiger partial charge in [0.2, 0.25) is 0 Å². The predicted molar refractivity (Wildman–Crippen MR) is 99.8 cm³/mol. The maximum Gasteiger partial charge on any atom is 0.253 e. The van der Waals surface area contributed by atoms with Gasteiger partial charge in [0.15, 0.2) is 0 Å². The van der Waals surface area contributed by atoms with Crippen LogP contribution in [0.5, 0.6) is 0 Å². The maximum atomic E-state index is 12.7. The highest BCUT2D eigenvalue weighted by Gasteiger charge is 2.23. The van der Waals surface area contributed by atoms with Gasteiger partial charge in [0.25, 0.3) is 5.91 Å². The number of hydrogen-bond donors (Lipinski definition) is 0. The molecule has 0 radical (unpaired) electrons. The number of benzene rings is 2. The third kappa shape index (κ3) is 3.45. The van der Waals surface area contributed by atoms with E-state index >= 15 is 0 Å². The second-order valence-electron chi connectivity index (χ2n) is 6.86. The van der Waals surface area contributed by atoms with Crippen LogP contribution in [0.15, 0.2) is 48.5 Å². The lowest BCUT2D eigenvalue weighted by molar-refractivity contribution is 0.0746. The van der Waals surface area contributed by atoms with Crippen LogP contribution in [-0.4, -0.2) is 37.0 Å². The number of anilines is 1. The Kier molecular flexibility index (Phi) is 4.89. The maximum absolute atomic E-state index is 12.7. The molecule has 1 amide bonds. The van der Waals surface area contributed by atoms with E-state index in [1.807, 2.05) is 36.1 Å². The number of amides is 1. The Morgan fingerprint density at radius 2 is 1.67 bits per heavy atom. The molecule has 1 aliphatic heterocycles. The minimum atomic E-state index is 0.149. The fourth-order valence-corrected chi connectivity index (χ4v) is 3.37. The molecule has 3 rings (SSSR count). The number of carbonyl (C=O) groups is 1. The number of piperazine rings is 1. The number of hydrogen-bond acceptors (Lipinski definition) is 2. The molecule has 1 heterocycles. The topological polar surface area (TPSA) is 23.6 Å². The molecule has 0 aromatic heterocycles. The summed E-state index contributed by atoms with van der Waals surface area (Å²) in [5.41, 5.74) is 4.63. The summed E-state index contributed by atoms with van der Waals surface area (Å²) < 4.78 is 0. The second-order valence-corrected chi connectivity index (χ2v) is 6.86. The van der Waals surface area contributed by atoms with Crippen molar-refractivity contribution in [2.75, 3.05) is 31.1 Å². The molecule has 0 spiro atoms. The third-order valence-electron chi connectivity index (χ3n) is 4.73. The van der Waals surface area contributed by atoms with Crippen LogP contribution in [0.1, 0.15) is 41.3 Å². The summed E-state index contributed by atoms with van der Waals surface area (Å²) in [6, 6.07) is 16.5. The Morgan fingerprint density at radius 1 is 0.958 bits per heavy atom. The summed E-state index contributed by atoms with van der Waals surface area (Å²) in [5, 5.41) is 0. The van der Waals surface area contributed by atoms with Gasteiger partial charge in [-0.1, -0.05) is 49.7 Å². The lowest BCUT2D eigenvalue weighted by atomic mass is 10.00. The largest absolute Gasteiger partial charge is 0.368 e. The molecule has 1 saturated heterocycles. The van der Waals surface area contributed by atoms with Gasteiger partial charge in [0.1, 0.15) is 0 Å². The van der Waals surface area contributed by atoms with Crippen LogP contribution in [-0.2, 0) is 0 Å². The minimum absolute atomic E-state index is 0.149. The van der Waals surface area contributed by atoms with Crippen molar-refractivity contribution in [2.45, 2.75) is 26.7 Å². The van der Waals surface area contributed by atoms with E-state index < -0.39 is 0 Å². The van der Waals surface area contributed by atoms with Gasteiger partial charge in [-0.3, -0.25) is 4.79 Å². The molecule has 0 bridgehead atoms. The molecule has 1 aliphatic rings. The van der Waals surface area contributed by atoms with Gasteiger partial charge in [-0.15, -0.1) is 0 Å². The normalized spacial score (nSPS) is 15.0. The average molecular weight is 322 g/mol.